The van der Waals surface area contributed by atoms with Crippen molar-refractivity contribution in [3.05, 3.63) is 27.7 Å². The fourth-order valence-electron chi connectivity index (χ4n) is 2.23. The van der Waals surface area contributed by atoms with Crippen molar-refractivity contribution >= 4 is 29.2 Å². The molecule has 0 bridgehead atoms. The molecule has 22 heavy (non-hydrogen) atoms. The van der Waals surface area contributed by atoms with Crippen LogP contribution in [-0.4, -0.2) is 48.4 Å². The molecule has 1 saturated heterocycles. The van der Waals surface area contributed by atoms with E-state index in [9.17, 15) is 15.0 Å². The Morgan fingerprint density at radius 2 is 2.05 bits per heavy atom. The predicted molar refractivity (Wildman–Crippen MR) is 79.4 cm³/mol. The minimum Gasteiger partial charge on any atom is -0.494 e. The summed E-state index contributed by atoms with van der Waals surface area (Å²) in [5.41, 5.74) is 0.0459. The summed E-state index contributed by atoms with van der Waals surface area (Å²) in [4.78, 5) is 12.1. The van der Waals surface area contributed by atoms with E-state index >= 15 is 0 Å². The van der Waals surface area contributed by atoms with Gasteiger partial charge >= 0.3 is 5.97 Å². The van der Waals surface area contributed by atoms with Crippen LogP contribution in [-0.2, 0) is 9.47 Å². The average molecular weight is 351 g/mol. The van der Waals surface area contributed by atoms with E-state index in [1.807, 2.05) is 0 Å². The Labute approximate surface area is 137 Å². The molecule has 3 unspecified atom stereocenters. The lowest BCUT2D eigenvalue weighted by molar-refractivity contribution is -0.0997. The Kier molecular flexibility index (Phi) is 5.88. The van der Waals surface area contributed by atoms with E-state index in [-0.39, 0.29) is 40.8 Å². The monoisotopic (exact) mass is 350 g/mol. The summed E-state index contributed by atoms with van der Waals surface area (Å²) < 4.78 is 15.3. The second-order valence-electron chi connectivity index (χ2n) is 4.79. The number of carbonyl (C=O) groups excluding carboxylic acids is 1. The van der Waals surface area contributed by atoms with Crippen molar-refractivity contribution in [3.8, 4) is 5.75 Å². The Hall–Kier alpha value is -1.05. The number of carbonyl (C=O) groups is 1. The minimum absolute atomic E-state index is 0.000718. The molecular formula is C14H16Cl2O6. The van der Waals surface area contributed by atoms with E-state index in [1.54, 1.807) is 0 Å². The Morgan fingerprint density at radius 3 is 2.64 bits per heavy atom. The van der Waals surface area contributed by atoms with Gasteiger partial charge in [-0.05, 0) is 12.1 Å². The second kappa shape index (κ2) is 7.48. The number of aliphatic hydroxyl groups is 2. The van der Waals surface area contributed by atoms with Gasteiger partial charge in [-0.15, -0.1) is 0 Å². The number of ether oxygens (including phenoxy) is 3. The van der Waals surface area contributed by atoms with Crippen LogP contribution in [0.2, 0.25) is 10.0 Å². The highest BCUT2D eigenvalue weighted by Gasteiger charge is 2.32. The van der Waals surface area contributed by atoms with Gasteiger partial charge in [0.25, 0.3) is 0 Å². The molecule has 1 fully saturated rings. The average Bonchev–Trinajstić information content (AvgIpc) is 2.79. The smallest absolute Gasteiger partial charge is 0.343 e. The number of hydrogen-bond acceptors (Lipinski definition) is 6. The van der Waals surface area contributed by atoms with E-state index in [0.29, 0.717) is 0 Å². The first-order valence-corrected chi connectivity index (χ1v) is 7.40. The SMILES string of the molecule is COc1c(Cl)ccc(Cl)c1C(=O)OCCC1OC(O)CC1O. The molecule has 2 N–H and O–H groups in total. The van der Waals surface area contributed by atoms with Crippen LogP contribution < -0.4 is 4.74 Å². The van der Waals surface area contributed by atoms with Gasteiger partial charge in [-0.1, -0.05) is 23.2 Å². The summed E-state index contributed by atoms with van der Waals surface area (Å²) in [5, 5.41) is 19.3. The van der Waals surface area contributed by atoms with Crippen LogP contribution in [0.5, 0.6) is 5.75 Å². The van der Waals surface area contributed by atoms with Gasteiger partial charge in [0.05, 0.1) is 36.0 Å². The van der Waals surface area contributed by atoms with E-state index < -0.39 is 24.5 Å². The minimum atomic E-state index is -0.988. The zero-order chi connectivity index (χ0) is 16.3. The molecule has 6 nitrogen and oxygen atoms in total. The molecule has 0 amide bonds. The van der Waals surface area contributed by atoms with Gasteiger partial charge in [0.15, 0.2) is 12.0 Å². The third kappa shape index (κ3) is 3.83. The van der Waals surface area contributed by atoms with Crippen LogP contribution in [0.1, 0.15) is 23.2 Å². The van der Waals surface area contributed by atoms with Crippen molar-refractivity contribution in [1.29, 1.82) is 0 Å². The van der Waals surface area contributed by atoms with E-state index in [1.165, 1.54) is 19.2 Å². The van der Waals surface area contributed by atoms with Crippen LogP contribution in [0.25, 0.3) is 0 Å². The summed E-state index contributed by atoms with van der Waals surface area (Å²) >= 11 is 11.9. The van der Waals surface area contributed by atoms with Gasteiger partial charge in [0.2, 0.25) is 0 Å². The first-order valence-electron chi connectivity index (χ1n) is 6.64. The van der Waals surface area contributed by atoms with Crippen molar-refractivity contribution in [3.63, 3.8) is 0 Å². The highest BCUT2D eigenvalue weighted by molar-refractivity contribution is 6.37. The number of methoxy groups -OCH3 is 1. The molecule has 2 rings (SSSR count). The van der Waals surface area contributed by atoms with Gasteiger partial charge in [0.1, 0.15) is 5.56 Å². The Bertz CT molecular complexity index is 550. The van der Waals surface area contributed by atoms with Crippen LogP contribution >= 0.6 is 23.2 Å². The van der Waals surface area contributed by atoms with Crippen LogP contribution in [0.15, 0.2) is 12.1 Å². The molecule has 1 aliphatic rings. The number of rotatable bonds is 5. The van der Waals surface area contributed by atoms with Crippen molar-refractivity contribution in [1.82, 2.24) is 0 Å². The largest absolute Gasteiger partial charge is 0.494 e. The van der Waals surface area contributed by atoms with E-state index in [0.717, 1.165) is 0 Å². The lowest BCUT2D eigenvalue weighted by atomic mass is 10.1. The van der Waals surface area contributed by atoms with Crippen LogP contribution in [0.3, 0.4) is 0 Å². The molecule has 1 heterocycles. The molecular weight excluding hydrogens is 335 g/mol. The highest BCUT2D eigenvalue weighted by Crippen LogP contribution is 2.34. The molecule has 0 aliphatic carbocycles. The molecule has 0 saturated carbocycles. The molecule has 8 heteroatoms. The van der Waals surface area contributed by atoms with Crippen LogP contribution in [0, 0.1) is 0 Å². The Balaban J connectivity index is 1.97. The van der Waals surface area contributed by atoms with Gasteiger partial charge in [0, 0.05) is 12.8 Å². The van der Waals surface area contributed by atoms with Crippen molar-refractivity contribution < 1.29 is 29.2 Å². The molecule has 0 radical (unpaired) electrons. The number of aliphatic hydroxyl groups excluding tert-OH is 2. The molecule has 1 aliphatic heterocycles. The van der Waals surface area contributed by atoms with Gasteiger partial charge in [-0.3, -0.25) is 0 Å². The topological polar surface area (TPSA) is 85.2 Å². The van der Waals surface area contributed by atoms with E-state index in [2.05, 4.69) is 0 Å². The summed E-state index contributed by atoms with van der Waals surface area (Å²) in [6.07, 6.45) is -1.94. The standard InChI is InChI=1S/C14H16Cl2O6/c1-20-13-8(16)3-2-7(15)12(13)14(19)21-5-4-10-9(17)6-11(18)22-10/h2-3,9-11,17-18H,4-6H2,1H3. The fourth-order valence-corrected chi connectivity index (χ4v) is 2.69. The zero-order valence-electron chi connectivity index (χ0n) is 11.8. The summed E-state index contributed by atoms with van der Waals surface area (Å²) in [5.74, 6) is -0.538. The third-order valence-electron chi connectivity index (χ3n) is 3.31. The van der Waals surface area contributed by atoms with Crippen molar-refractivity contribution in [2.45, 2.75) is 31.3 Å². The number of benzene rings is 1. The summed E-state index contributed by atoms with van der Waals surface area (Å²) in [6.45, 7) is -0.000718. The van der Waals surface area contributed by atoms with Gasteiger partial charge < -0.3 is 24.4 Å². The van der Waals surface area contributed by atoms with Gasteiger partial charge in [-0.25, -0.2) is 4.79 Å². The summed E-state index contributed by atoms with van der Waals surface area (Å²) in [7, 11) is 1.37. The predicted octanol–water partition coefficient (Wildman–Crippen LogP) is 2.02. The number of esters is 1. The fraction of sp³-hybridized carbons (Fsp3) is 0.500. The molecule has 1 aromatic rings. The highest BCUT2D eigenvalue weighted by atomic mass is 35.5. The van der Waals surface area contributed by atoms with Gasteiger partial charge in [-0.2, -0.15) is 0 Å². The number of halogens is 2. The zero-order valence-corrected chi connectivity index (χ0v) is 13.3. The molecule has 1 aromatic carbocycles. The van der Waals surface area contributed by atoms with Crippen molar-refractivity contribution in [2.75, 3.05) is 13.7 Å². The normalized spacial score (nSPS) is 24.3. The second-order valence-corrected chi connectivity index (χ2v) is 5.61. The number of hydrogen-bond donors (Lipinski definition) is 2. The first-order chi connectivity index (χ1) is 10.4. The van der Waals surface area contributed by atoms with Crippen molar-refractivity contribution in [2.24, 2.45) is 0 Å². The first kappa shape index (κ1) is 17.3. The van der Waals surface area contributed by atoms with Crippen LogP contribution in [0.4, 0.5) is 0 Å². The maximum absolute atomic E-state index is 12.1. The summed E-state index contributed by atoms with van der Waals surface area (Å²) in [6, 6.07) is 2.99. The Morgan fingerprint density at radius 1 is 1.36 bits per heavy atom. The lowest BCUT2D eigenvalue weighted by Crippen LogP contribution is -2.23. The third-order valence-corrected chi connectivity index (χ3v) is 3.92. The molecule has 3 atom stereocenters. The molecule has 0 spiro atoms. The maximum atomic E-state index is 12.1. The lowest BCUT2D eigenvalue weighted by Gasteiger charge is -2.15. The quantitative estimate of drug-likeness (QED) is 0.790. The molecule has 0 aromatic heterocycles. The van der Waals surface area contributed by atoms with E-state index in [4.69, 9.17) is 37.4 Å². The maximum Gasteiger partial charge on any atom is 0.343 e. The molecule has 122 valence electrons.